The molecule has 0 N–H and O–H groups in total. The first kappa shape index (κ1) is 10.7. The standard InChI is InChI=1S/C13H9BrN2S/c14-12-11(10-6-2-1-3-7-10)15-13(17-12)16-8-4-5-9-16/h1-9H. The molecule has 3 aromatic rings. The van der Waals surface area contributed by atoms with E-state index in [1.807, 2.05) is 47.3 Å². The van der Waals surface area contributed by atoms with Crippen LogP contribution in [0.3, 0.4) is 0 Å². The van der Waals surface area contributed by atoms with Crippen molar-refractivity contribution in [3.63, 3.8) is 0 Å². The summed E-state index contributed by atoms with van der Waals surface area (Å²) in [6.45, 7) is 0. The van der Waals surface area contributed by atoms with Crippen LogP contribution in [-0.2, 0) is 0 Å². The van der Waals surface area contributed by atoms with Crippen molar-refractivity contribution in [1.29, 1.82) is 0 Å². The molecule has 17 heavy (non-hydrogen) atoms. The van der Waals surface area contributed by atoms with E-state index in [0.29, 0.717) is 0 Å². The minimum absolute atomic E-state index is 0.973. The summed E-state index contributed by atoms with van der Waals surface area (Å²) >= 11 is 5.22. The van der Waals surface area contributed by atoms with Gasteiger partial charge in [-0.25, -0.2) is 4.98 Å². The Morgan fingerprint density at radius 1 is 1.00 bits per heavy atom. The van der Waals surface area contributed by atoms with E-state index in [1.54, 1.807) is 11.3 Å². The van der Waals surface area contributed by atoms with Gasteiger partial charge >= 0.3 is 0 Å². The highest BCUT2D eigenvalue weighted by Crippen LogP contribution is 2.34. The van der Waals surface area contributed by atoms with Crippen LogP contribution in [0.4, 0.5) is 0 Å². The molecule has 0 amide bonds. The van der Waals surface area contributed by atoms with Crippen molar-refractivity contribution in [3.8, 4) is 16.4 Å². The van der Waals surface area contributed by atoms with Crippen molar-refractivity contribution < 1.29 is 0 Å². The van der Waals surface area contributed by atoms with E-state index in [0.717, 1.165) is 20.2 Å². The largest absolute Gasteiger partial charge is 0.300 e. The van der Waals surface area contributed by atoms with Gasteiger partial charge in [-0.15, -0.1) is 0 Å². The second-order valence-electron chi connectivity index (χ2n) is 3.58. The molecule has 0 aliphatic carbocycles. The second-order valence-corrected chi connectivity index (χ2v) is 5.87. The van der Waals surface area contributed by atoms with Crippen LogP contribution >= 0.6 is 27.3 Å². The Labute approximate surface area is 112 Å². The minimum atomic E-state index is 0.973. The van der Waals surface area contributed by atoms with Crippen molar-refractivity contribution in [2.24, 2.45) is 0 Å². The average molecular weight is 305 g/mol. The van der Waals surface area contributed by atoms with Crippen molar-refractivity contribution in [2.45, 2.75) is 0 Å². The van der Waals surface area contributed by atoms with E-state index in [2.05, 4.69) is 33.0 Å². The number of rotatable bonds is 2. The molecule has 2 nitrogen and oxygen atoms in total. The lowest BCUT2D eigenvalue weighted by Crippen LogP contribution is -1.87. The van der Waals surface area contributed by atoms with Gasteiger partial charge in [0.1, 0.15) is 0 Å². The lowest BCUT2D eigenvalue weighted by molar-refractivity contribution is 1.05. The summed E-state index contributed by atoms with van der Waals surface area (Å²) in [7, 11) is 0. The fourth-order valence-corrected chi connectivity index (χ4v) is 3.17. The molecule has 4 heteroatoms. The molecule has 0 spiro atoms. The van der Waals surface area contributed by atoms with E-state index < -0.39 is 0 Å². The molecule has 0 radical (unpaired) electrons. The molecule has 2 heterocycles. The third-order valence-electron chi connectivity index (χ3n) is 2.45. The molecule has 0 aliphatic heterocycles. The Morgan fingerprint density at radius 2 is 1.71 bits per heavy atom. The normalized spacial score (nSPS) is 10.6. The molecule has 0 bridgehead atoms. The quantitative estimate of drug-likeness (QED) is 0.687. The highest BCUT2D eigenvalue weighted by Gasteiger charge is 2.11. The molecule has 3 rings (SSSR count). The molecular formula is C13H9BrN2S. The Hall–Kier alpha value is -1.39. The maximum absolute atomic E-state index is 4.66. The van der Waals surface area contributed by atoms with Gasteiger partial charge in [-0.1, -0.05) is 41.7 Å². The molecule has 0 saturated carbocycles. The highest BCUT2D eigenvalue weighted by molar-refractivity contribution is 9.11. The second kappa shape index (κ2) is 4.47. The Balaban J connectivity index is 2.08. The van der Waals surface area contributed by atoms with Gasteiger partial charge in [-0.05, 0) is 28.1 Å². The fourth-order valence-electron chi connectivity index (χ4n) is 1.64. The van der Waals surface area contributed by atoms with Crippen molar-refractivity contribution >= 4 is 27.3 Å². The smallest absolute Gasteiger partial charge is 0.195 e. The zero-order chi connectivity index (χ0) is 11.7. The van der Waals surface area contributed by atoms with Crippen LogP contribution in [0.2, 0.25) is 0 Å². The zero-order valence-corrected chi connectivity index (χ0v) is 11.3. The summed E-state index contributed by atoms with van der Waals surface area (Å²) in [5.74, 6) is 0. The number of nitrogens with zero attached hydrogens (tertiary/aromatic N) is 2. The molecule has 0 saturated heterocycles. The molecule has 0 atom stereocenters. The number of benzene rings is 1. The van der Waals surface area contributed by atoms with E-state index in [4.69, 9.17) is 0 Å². The predicted molar refractivity (Wildman–Crippen MR) is 74.6 cm³/mol. The molecular weight excluding hydrogens is 296 g/mol. The van der Waals surface area contributed by atoms with Crippen molar-refractivity contribution in [3.05, 3.63) is 58.6 Å². The van der Waals surface area contributed by atoms with Gasteiger partial charge in [-0.2, -0.15) is 0 Å². The van der Waals surface area contributed by atoms with Crippen LogP contribution in [0.5, 0.6) is 0 Å². The maximum Gasteiger partial charge on any atom is 0.195 e. The van der Waals surface area contributed by atoms with Crippen LogP contribution < -0.4 is 0 Å². The first-order chi connectivity index (χ1) is 8.34. The molecule has 0 fully saturated rings. The Kier molecular flexibility index (Phi) is 2.82. The number of thiazole rings is 1. The molecule has 0 unspecified atom stereocenters. The Morgan fingerprint density at radius 3 is 2.41 bits per heavy atom. The third-order valence-corrected chi connectivity index (χ3v) is 4.17. The number of aromatic nitrogens is 2. The highest BCUT2D eigenvalue weighted by atomic mass is 79.9. The van der Waals surface area contributed by atoms with Gasteiger partial charge < -0.3 is 4.57 Å². The molecule has 0 aliphatic rings. The molecule has 2 aromatic heterocycles. The van der Waals surface area contributed by atoms with Crippen LogP contribution in [-0.4, -0.2) is 9.55 Å². The average Bonchev–Trinajstić information content (AvgIpc) is 2.99. The van der Waals surface area contributed by atoms with E-state index in [-0.39, 0.29) is 0 Å². The lowest BCUT2D eigenvalue weighted by Gasteiger charge is -1.96. The summed E-state index contributed by atoms with van der Waals surface area (Å²) in [4.78, 5) is 4.66. The number of hydrogen-bond donors (Lipinski definition) is 0. The first-order valence-electron chi connectivity index (χ1n) is 5.20. The maximum atomic E-state index is 4.66. The van der Waals surface area contributed by atoms with E-state index in [1.165, 1.54) is 0 Å². The SMILES string of the molecule is Brc1sc(-n2cccc2)nc1-c1ccccc1. The van der Waals surface area contributed by atoms with Crippen LogP contribution in [0.25, 0.3) is 16.4 Å². The summed E-state index contributed by atoms with van der Waals surface area (Å²) in [6, 6.07) is 14.2. The van der Waals surface area contributed by atoms with Crippen molar-refractivity contribution in [2.75, 3.05) is 0 Å². The van der Waals surface area contributed by atoms with Gasteiger partial charge in [-0.3, -0.25) is 0 Å². The van der Waals surface area contributed by atoms with Crippen LogP contribution in [0, 0.1) is 0 Å². The number of hydrogen-bond acceptors (Lipinski definition) is 2. The molecule has 84 valence electrons. The zero-order valence-electron chi connectivity index (χ0n) is 8.88. The summed E-state index contributed by atoms with van der Waals surface area (Å²) in [5, 5.41) is 0.973. The van der Waals surface area contributed by atoms with Gasteiger partial charge in [0.15, 0.2) is 5.13 Å². The molecule has 1 aromatic carbocycles. The Bertz CT molecular complexity index is 614. The lowest BCUT2D eigenvalue weighted by atomic mass is 10.2. The first-order valence-corrected chi connectivity index (χ1v) is 6.80. The fraction of sp³-hybridized carbons (Fsp3) is 0. The summed E-state index contributed by atoms with van der Waals surface area (Å²) in [6.07, 6.45) is 4.00. The van der Waals surface area contributed by atoms with Crippen LogP contribution in [0.15, 0.2) is 58.6 Å². The summed E-state index contributed by atoms with van der Waals surface area (Å²) in [5.41, 5.74) is 2.13. The van der Waals surface area contributed by atoms with Crippen LogP contribution in [0.1, 0.15) is 0 Å². The van der Waals surface area contributed by atoms with E-state index >= 15 is 0 Å². The van der Waals surface area contributed by atoms with Crippen molar-refractivity contribution in [1.82, 2.24) is 9.55 Å². The van der Waals surface area contributed by atoms with Gasteiger partial charge in [0.2, 0.25) is 0 Å². The third kappa shape index (κ3) is 2.06. The van der Waals surface area contributed by atoms with E-state index in [9.17, 15) is 0 Å². The van der Waals surface area contributed by atoms with Gasteiger partial charge in [0.05, 0.1) is 9.48 Å². The summed E-state index contributed by atoms with van der Waals surface area (Å²) < 4.78 is 3.08. The topological polar surface area (TPSA) is 17.8 Å². The predicted octanol–water partition coefficient (Wildman–Crippen LogP) is 4.36. The monoisotopic (exact) mass is 304 g/mol. The van der Waals surface area contributed by atoms with Gasteiger partial charge in [0, 0.05) is 18.0 Å². The minimum Gasteiger partial charge on any atom is -0.300 e. The number of halogens is 1. The van der Waals surface area contributed by atoms with Gasteiger partial charge in [0.25, 0.3) is 0 Å².